The van der Waals surface area contributed by atoms with Gasteiger partial charge < -0.3 is 10.0 Å². The summed E-state index contributed by atoms with van der Waals surface area (Å²) in [6.45, 7) is 5.29. The standard InChI is InChI=1S/C12H18N2O4S2/c1-8-7-13(3)4-5-14(8)20(17,18)11-6-10(12(15)16)19-9(11)2/h6,8H,4-5,7H2,1-3H3,(H,15,16). The Morgan fingerprint density at radius 3 is 2.60 bits per heavy atom. The summed E-state index contributed by atoms with van der Waals surface area (Å²) < 4.78 is 26.8. The van der Waals surface area contributed by atoms with Crippen molar-refractivity contribution in [2.75, 3.05) is 26.7 Å². The summed E-state index contributed by atoms with van der Waals surface area (Å²) in [5.41, 5.74) is 0. The van der Waals surface area contributed by atoms with E-state index in [-0.39, 0.29) is 15.8 Å². The normalized spacial score (nSPS) is 22.1. The number of aromatic carboxylic acids is 1. The molecule has 1 aliphatic heterocycles. The summed E-state index contributed by atoms with van der Waals surface area (Å²) >= 11 is 0.999. The zero-order chi connectivity index (χ0) is 15.1. The van der Waals surface area contributed by atoms with E-state index in [1.54, 1.807) is 6.92 Å². The molecule has 0 aromatic carbocycles. The lowest BCUT2D eigenvalue weighted by molar-refractivity contribution is 0.0702. The number of sulfonamides is 1. The highest BCUT2D eigenvalue weighted by Crippen LogP contribution is 2.30. The number of thiophene rings is 1. The molecule has 0 bridgehead atoms. The zero-order valence-corrected chi connectivity index (χ0v) is 13.3. The zero-order valence-electron chi connectivity index (χ0n) is 11.7. The second kappa shape index (κ2) is 5.44. The Morgan fingerprint density at radius 2 is 2.10 bits per heavy atom. The van der Waals surface area contributed by atoms with Gasteiger partial charge in [0, 0.05) is 30.6 Å². The first-order valence-electron chi connectivity index (χ1n) is 6.27. The van der Waals surface area contributed by atoms with E-state index in [4.69, 9.17) is 5.11 Å². The van der Waals surface area contributed by atoms with Crippen molar-refractivity contribution in [3.05, 3.63) is 15.8 Å². The van der Waals surface area contributed by atoms with Crippen LogP contribution in [0.25, 0.3) is 0 Å². The van der Waals surface area contributed by atoms with Crippen molar-refractivity contribution in [2.45, 2.75) is 24.8 Å². The van der Waals surface area contributed by atoms with Crippen molar-refractivity contribution in [1.29, 1.82) is 0 Å². The fourth-order valence-corrected chi connectivity index (χ4v) is 5.45. The van der Waals surface area contributed by atoms with Crippen LogP contribution < -0.4 is 0 Å². The monoisotopic (exact) mass is 318 g/mol. The number of aryl methyl sites for hydroxylation is 1. The van der Waals surface area contributed by atoms with Crippen molar-refractivity contribution in [1.82, 2.24) is 9.21 Å². The maximum Gasteiger partial charge on any atom is 0.345 e. The molecule has 1 unspecified atom stereocenters. The Kier molecular flexibility index (Phi) is 4.19. The molecule has 0 spiro atoms. The van der Waals surface area contributed by atoms with E-state index in [9.17, 15) is 13.2 Å². The van der Waals surface area contributed by atoms with E-state index < -0.39 is 16.0 Å². The van der Waals surface area contributed by atoms with Crippen LogP contribution in [0.3, 0.4) is 0 Å². The average Bonchev–Trinajstić information content (AvgIpc) is 2.71. The highest BCUT2D eigenvalue weighted by atomic mass is 32.2. The molecule has 0 aliphatic carbocycles. The molecule has 1 aromatic rings. The maximum atomic E-state index is 12.7. The number of likely N-dealkylation sites (N-methyl/N-ethyl adjacent to an activating group) is 1. The molecular formula is C12H18N2O4S2. The predicted molar refractivity (Wildman–Crippen MR) is 76.9 cm³/mol. The van der Waals surface area contributed by atoms with Crippen molar-refractivity contribution in [2.24, 2.45) is 0 Å². The van der Waals surface area contributed by atoms with Gasteiger partial charge in [-0.25, -0.2) is 13.2 Å². The third-order valence-electron chi connectivity index (χ3n) is 3.44. The van der Waals surface area contributed by atoms with Gasteiger partial charge >= 0.3 is 5.97 Å². The van der Waals surface area contributed by atoms with Crippen LogP contribution in [-0.2, 0) is 10.0 Å². The second-order valence-electron chi connectivity index (χ2n) is 5.06. The Labute approximate surface area is 122 Å². The molecule has 2 heterocycles. The number of rotatable bonds is 3. The molecule has 1 aliphatic rings. The van der Waals surface area contributed by atoms with Gasteiger partial charge in [0.1, 0.15) is 4.88 Å². The molecule has 1 atom stereocenters. The number of piperazine rings is 1. The Balaban J connectivity index is 2.37. The van der Waals surface area contributed by atoms with Crippen LogP contribution in [0.1, 0.15) is 21.5 Å². The lowest BCUT2D eigenvalue weighted by Gasteiger charge is -2.37. The highest BCUT2D eigenvalue weighted by Gasteiger charge is 2.34. The van der Waals surface area contributed by atoms with Crippen LogP contribution in [-0.4, -0.2) is 61.4 Å². The quantitative estimate of drug-likeness (QED) is 0.902. The van der Waals surface area contributed by atoms with Gasteiger partial charge in [0.2, 0.25) is 10.0 Å². The molecule has 1 saturated heterocycles. The number of carbonyl (C=O) groups is 1. The van der Waals surface area contributed by atoms with Gasteiger partial charge in [0.05, 0.1) is 4.90 Å². The first kappa shape index (κ1) is 15.4. The largest absolute Gasteiger partial charge is 0.477 e. The van der Waals surface area contributed by atoms with Crippen LogP contribution >= 0.6 is 11.3 Å². The fraction of sp³-hybridized carbons (Fsp3) is 0.583. The summed E-state index contributed by atoms with van der Waals surface area (Å²) in [5.74, 6) is -1.09. The van der Waals surface area contributed by atoms with Gasteiger partial charge in [-0.2, -0.15) is 4.31 Å². The van der Waals surface area contributed by atoms with Gasteiger partial charge in [0.15, 0.2) is 0 Å². The highest BCUT2D eigenvalue weighted by molar-refractivity contribution is 7.89. The molecule has 20 heavy (non-hydrogen) atoms. The number of hydrogen-bond donors (Lipinski definition) is 1. The number of hydrogen-bond acceptors (Lipinski definition) is 5. The number of carboxylic acids is 1. The Bertz CT molecular complexity index is 623. The summed E-state index contributed by atoms with van der Waals surface area (Å²) in [7, 11) is -1.67. The topological polar surface area (TPSA) is 77.9 Å². The van der Waals surface area contributed by atoms with Gasteiger partial charge in [0.25, 0.3) is 0 Å². The van der Waals surface area contributed by atoms with Crippen LogP contribution in [0.15, 0.2) is 11.0 Å². The molecule has 1 aromatic heterocycles. The third kappa shape index (κ3) is 2.73. The summed E-state index contributed by atoms with van der Waals surface area (Å²) in [4.78, 5) is 13.8. The van der Waals surface area contributed by atoms with E-state index in [0.29, 0.717) is 24.5 Å². The van der Waals surface area contributed by atoms with E-state index in [0.717, 1.165) is 11.3 Å². The van der Waals surface area contributed by atoms with Gasteiger partial charge in [-0.15, -0.1) is 11.3 Å². The summed E-state index contributed by atoms with van der Waals surface area (Å²) in [6, 6.07) is 1.15. The summed E-state index contributed by atoms with van der Waals surface area (Å²) in [5, 5.41) is 8.98. The van der Waals surface area contributed by atoms with E-state index in [1.807, 2.05) is 14.0 Å². The van der Waals surface area contributed by atoms with Gasteiger partial charge in [-0.1, -0.05) is 0 Å². The van der Waals surface area contributed by atoms with E-state index in [2.05, 4.69) is 4.90 Å². The van der Waals surface area contributed by atoms with Crippen LogP contribution in [0.4, 0.5) is 0 Å². The van der Waals surface area contributed by atoms with Crippen molar-refractivity contribution in [3.63, 3.8) is 0 Å². The first-order valence-corrected chi connectivity index (χ1v) is 8.53. The van der Waals surface area contributed by atoms with E-state index in [1.165, 1.54) is 10.4 Å². The summed E-state index contributed by atoms with van der Waals surface area (Å²) in [6.07, 6.45) is 0. The minimum atomic E-state index is -3.62. The smallest absolute Gasteiger partial charge is 0.345 e. The van der Waals surface area contributed by atoms with Crippen molar-refractivity contribution < 1.29 is 18.3 Å². The molecule has 112 valence electrons. The molecule has 1 fully saturated rings. The van der Waals surface area contributed by atoms with Crippen molar-refractivity contribution in [3.8, 4) is 0 Å². The van der Waals surface area contributed by atoms with E-state index >= 15 is 0 Å². The van der Waals surface area contributed by atoms with Gasteiger partial charge in [-0.3, -0.25) is 0 Å². The van der Waals surface area contributed by atoms with Crippen LogP contribution in [0, 0.1) is 6.92 Å². The lowest BCUT2D eigenvalue weighted by atomic mass is 10.2. The minimum Gasteiger partial charge on any atom is -0.477 e. The van der Waals surface area contributed by atoms with Crippen LogP contribution in [0.5, 0.6) is 0 Å². The van der Waals surface area contributed by atoms with Crippen molar-refractivity contribution >= 4 is 27.3 Å². The molecule has 6 nitrogen and oxygen atoms in total. The SMILES string of the molecule is Cc1sc(C(=O)O)cc1S(=O)(=O)N1CCN(C)CC1C. The molecule has 0 amide bonds. The average molecular weight is 318 g/mol. The third-order valence-corrected chi connectivity index (χ3v) is 6.75. The molecule has 2 rings (SSSR count). The molecular weight excluding hydrogens is 300 g/mol. The second-order valence-corrected chi connectivity index (χ2v) is 8.18. The predicted octanol–water partition coefficient (Wildman–Crippen LogP) is 1.08. The maximum absolute atomic E-state index is 12.7. The minimum absolute atomic E-state index is 0.0582. The fourth-order valence-electron chi connectivity index (χ4n) is 2.43. The van der Waals surface area contributed by atoms with Gasteiger partial charge in [-0.05, 0) is 27.0 Å². The molecule has 0 radical (unpaired) electrons. The number of carboxylic acid groups (broad SMARTS) is 1. The Hall–Kier alpha value is -0.960. The molecule has 8 heteroatoms. The molecule has 1 N–H and O–H groups in total. The lowest BCUT2D eigenvalue weighted by Crippen LogP contribution is -2.52. The van der Waals surface area contributed by atoms with Crippen LogP contribution in [0.2, 0.25) is 0 Å². The first-order chi connectivity index (χ1) is 9.23. The molecule has 0 saturated carbocycles. The Morgan fingerprint density at radius 1 is 1.45 bits per heavy atom. The number of nitrogens with zero attached hydrogens (tertiary/aromatic N) is 2.